The van der Waals surface area contributed by atoms with Gasteiger partial charge < -0.3 is 10.4 Å². The van der Waals surface area contributed by atoms with Gasteiger partial charge in [-0.25, -0.2) is 13.9 Å². The summed E-state index contributed by atoms with van der Waals surface area (Å²) in [5, 5.41) is 15.8. The first kappa shape index (κ1) is 13.6. The Morgan fingerprint density at radius 2 is 2.14 bits per heavy atom. The minimum Gasteiger partial charge on any atom is -0.465 e. The van der Waals surface area contributed by atoms with Crippen molar-refractivity contribution < 1.29 is 14.3 Å². The van der Waals surface area contributed by atoms with Crippen molar-refractivity contribution in [1.29, 1.82) is 0 Å². The molecule has 0 saturated heterocycles. The maximum Gasteiger partial charge on any atom is 0.405 e. The Bertz CT molecular complexity index is 769. The summed E-state index contributed by atoms with van der Waals surface area (Å²) in [6.45, 7) is 0. The first-order chi connectivity index (χ1) is 10.4. The van der Waals surface area contributed by atoms with Gasteiger partial charge in [-0.05, 0) is 37.0 Å². The van der Waals surface area contributed by atoms with Gasteiger partial charge in [0.25, 0.3) is 0 Å². The van der Waals surface area contributed by atoms with Crippen LogP contribution in [0.4, 0.5) is 9.18 Å². The summed E-state index contributed by atoms with van der Waals surface area (Å²) in [6, 6.07) is 4.55. The van der Waals surface area contributed by atoms with Crippen LogP contribution in [0, 0.1) is 5.82 Å². The van der Waals surface area contributed by atoms with Crippen LogP contribution < -0.4 is 5.32 Å². The van der Waals surface area contributed by atoms with Crippen molar-refractivity contribution in [3.8, 4) is 5.69 Å². The lowest BCUT2D eigenvalue weighted by atomic mass is 9.38. The maximum absolute atomic E-state index is 13.5. The first-order valence-electron chi connectivity index (χ1n) is 6.93. The Balaban J connectivity index is 1.54. The van der Waals surface area contributed by atoms with Crippen LogP contribution in [0.25, 0.3) is 5.69 Å². The van der Waals surface area contributed by atoms with Crippen LogP contribution in [0.2, 0.25) is 5.02 Å². The fraction of sp³-hybridized carbons (Fsp3) is 0.333. The maximum atomic E-state index is 13.5. The van der Waals surface area contributed by atoms with Crippen molar-refractivity contribution >= 4 is 17.7 Å². The van der Waals surface area contributed by atoms with Crippen molar-refractivity contribution in [2.45, 2.75) is 30.2 Å². The summed E-state index contributed by atoms with van der Waals surface area (Å²) < 4.78 is 15.1. The van der Waals surface area contributed by atoms with Gasteiger partial charge in [0.05, 0.1) is 16.9 Å². The molecule has 3 saturated carbocycles. The summed E-state index contributed by atoms with van der Waals surface area (Å²) in [4.78, 5) is 10.7. The number of halogens is 2. The van der Waals surface area contributed by atoms with Crippen LogP contribution in [0.5, 0.6) is 0 Å². The van der Waals surface area contributed by atoms with E-state index >= 15 is 0 Å². The van der Waals surface area contributed by atoms with E-state index < -0.39 is 11.9 Å². The van der Waals surface area contributed by atoms with Crippen molar-refractivity contribution in [3.63, 3.8) is 0 Å². The molecule has 7 heteroatoms. The zero-order valence-electron chi connectivity index (χ0n) is 11.5. The Kier molecular flexibility index (Phi) is 2.61. The van der Waals surface area contributed by atoms with Crippen LogP contribution in [0.15, 0.2) is 30.6 Å². The largest absolute Gasteiger partial charge is 0.465 e. The number of carbonyl (C=O) groups is 1. The van der Waals surface area contributed by atoms with Gasteiger partial charge in [-0.1, -0.05) is 11.6 Å². The number of hydrogen-bond donors (Lipinski definition) is 2. The lowest BCUT2D eigenvalue weighted by Crippen LogP contribution is -2.76. The molecule has 0 radical (unpaired) electrons. The molecule has 1 amide bonds. The van der Waals surface area contributed by atoms with Gasteiger partial charge in [0.2, 0.25) is 0 Å². The monoisotopic (exact) mass is 321 g/mol. The second-order valence-corrected chi connectivity index (χ2v) is 6.70. The second kappa shape index (κ2) is 4.23. The molecule has 114 valence electrons. The van der Waals surface area contributed by atoms with Crippen LogP contribution in [-0.2, 0) is 5.41 Å². The topological polar surface area (TPSA) is 67.2 Å². The molecular formula is C15H13ClFN3O2. The third-order valence-corrected chi connectivity index (χ3v) is 5.07. The van der Waals surface area contributed by atoms with Crippen molar-refractivity contribution in [1.82, 2.24) is 15.1 Å². The number of aromatic nitrogens is 2. The molecule has 2 N–H and O–H groups in total. The molecule has 3 aliphatic carbocycles. The lowest BCUT2D eigenvalue weighted by molar-refractivity contribution is -0.0821. The molecule has 1 heterocycles. The predicted molar refractivity (Wildman–Crippen MR) is 78.0 cm³/mol. The van der Waals surface area contributed by atoms with E-state index in [0.717, 1.165) is 24.8 Å². The highest BCUT2D eigenvalue weighted by Crippen LogP contribution is 2.67. The highest BCUT2D eigenvalue weighted by atomic mass is 35.5. The standard InChI is InChI=1S/C15H13ClFN3O2/c16-11-2-1-10(3-12(11)17)20-5-9(4-18-20)14-6-15(7-14,8-14)19-13(21)22/h1-5,19H,6-8H2,(H,21,22). The Morgan fingerprint density at radius 1 is 1.41 bits per heavy atom. The predicted octanol–water partition coefficient (Wildman–Crippen LogP) is 3.11. The average Bonchev–Trinajstić information content (AvgIpc) is 2.84. The van der Waals surface area contributed by atoms with Crippen LogP contribution in [0.3, 0.4) is 0 Å². The van der Waals surface area contributed by atoms with Gasteiger partial charge in [-0.2, -0.15) is 5.10 Å². The van der Waals surface area contributed by atoms with E-state index in [2.05, 4.69) is 10.4 Å². The number of benzene rings is 1. The van der Waals surface area contributed by atoms with Gasteiger partial charge in [0, 0.05) is 23.2 Å². The Hall–Kier alpha value is -2.08. The van der Waals surface area contributed by atoms with Gasteiger partial charge >= 0.3 is 6.09 Å². The summed E-state index contributed by atoms with van der Waals surface area (Å²) >= 11 is 5.68. The molecule has 22 heavy (non-hydrogen) atoms. The van der Waals surface area contributed by atoms with Gasteiger partial charge in [-0.3, -0.25) is 0 Å². The van der Waals surface area contributed by atoms with E-state index in [-0.39, 0.29) is 16.0 Å². The highest BCUT2D eigenvalue weighted by molar-refractivity contribution is 6.30. The molecule has 5 rings (SSSR count). The van der Waals surface area contributed by atoms with Gasteiger partial charge in [-0.15, -0.1) is 0 Å². The van der Waals surface area contributed by atoms with Gasteiger partial charge in [0.1, 0.15) is 5.82 Å². The highest BCUT2D eigenvalue weighted by Gasteiger charge is 2.69. The average molecular weight is 322 g/mol. The van der Waals surface area contributed by atoms with E-state index in [0.29, 0.717) is 5.69 Å². The van der Waals surface area contributed by atoms with E-state index in [1.807, 2.05) is 6.20 Å². The summed E-state index contributed by atoms with van der Waals surface area (Å²) in [5.41, 5.74) is 1.45. The van der Waals surface area contributed by atoms with Crippen molar-refractivity contribution in [3.05, 3.63) is 47.0 Å². The quantitative estimate of drug-likeness (QED) is 0.912. The summed E-state index contributed by atoms with van der Waals surface area (Å²) in [5.74, 6) is -0.480. The van der Waals surface area contributed by atoms with Crippen LogP contribution in [-0.4, -0.2) is 26.5 Å². The first-order valence-corrected chi connectivity index (χ1v) is 7.31. The fourth-order valence-corrected chi connectivity index (χ4v) is 3.94. The zero-order chi connectivity index (χ0) is 15.5. The third kappa shape index (κ3) is 1.83. The smallest absolute Gasteiger partial charge is 0.405 e. The lowest BCUT2D eigenvalue weighted by Gasteiger charge is -2.70. The van der Waals surface area contributed by atoms with Crippen molar-refractivity contribution in [2.24, 2.45) is 0 Å². The molecule has 1 aromatic heterocycles. The molecule has 3 fully saturated rings. The molecular weight excluding hydrogens is 309 g/mol. The number of nitrogens with one attached hydrogen (secondary N) is 1. The molecule has 0 spiro atoms. The zero-order valence-corrected chi connectivity index (χ0v) is 12.3. The fourth-order valence-electron chi connectivity index (χ4n) is 3.82. The SMILES string of the molecule is O=C(O)NC12CC(c3cnn(-c4ccc(Cl)c(F)c4)c3)(C1)C2. The number of amides is 1. The minimum absolute atomic E-state index is 0.0195. The normalized spacial score (nSPS) is 28.6. The molecule has 0 aliphatic heterocycles. The Morgan fingerprint density at radius 3 is 2.77 bits per heavy atom. The Labute approximate surface area is 130 Å². The number of hydrogen-bond acceptors (Lipinski definition) is 2. The van der Waals surface area contributed by atoms with Crippen LogP contribution in [0.1, 0.15) is 24.8 Å². The summed E-state index contributed by atoms with van der Waals surface area (Å²) in [6.07, 6.45) is 5.08. The van der Waals surface area contributed by atoms with E-state index in [9.17, 15) is 9.18 Å². The summed E-state index contributed by atoms with van der Waals surface area (Å²) in [7, 11) is 0. The molecule has 2 bridgehead atoms. The molecule has 2 aromatic rings. The molecule has 0 unspecified atom stereocenters. The minimum atomic E-state index is -0.972. The molecule has 5 nitrogen and oxygen atoms in total. The molecule has 1 aromatic carbocycles. The number of carboxylic acid groups (broad SMARTS) is 1. The molecule has 0 atom stereocenters. The van der Waals surface area contributed by atoms with E-state index in [4.69, 9.17) is 16.7 Å². The third-order valence-electron chi connectivity index (χ3n) is 4.77. The number of nitrogens with zero attached hydrogens (tertiary/aromatic N) is 2. The second-order valence-electron chi connectivity index (χ2n) is 6.29. The van der Waals surface area contributed by atoms with Gasteiger partial charge in [0.15, 0.2) is 0 Å². The van der Waals surface area contributed by atoms with Crippen LogP contribution >= 0.6 is 11.6 Å². The van der Waals surface area contributed by atoms with E-state index in [1.54, 1.807) is 16.9 Å². The number of rotatable bonds is 3. The van der Waals surface area contributed by atoms with Crippen molar-refractivity contribution in [2.75, 3.05) is 0 Å². The molecule has 3 aliphatic rings. The van der Waals surface area contributed by atoms with E-state index in [1.165, 1.54) is 12.1 Å².